The van der Waals surface area contributed by atoms with E-state index in [0.29, 0.717) is 18.1 Å². The minimum Gasteiger partial charge on any atom is -0.383 e. The predicted octanol–water partition coefficient (Wildman–Crippen LogP) is 3.03. The van der Waals surface area contributed by atoms with Crippen LogP contribution in [0.4, 0.5) is 19.0 Å². The van der Waals surface area contributed by atoms with Gasteiger partial charge in [-0.1, -0.05) is 0 Å². The normalized spacial score (nSPS) is 14.3. The number of hydrogen-bond acceptors (Lipinski definition) is 7. The number of alkyl halides is 3. The van der Waals surface area contributed by atoms with Crippen LogP contribution < -0.4 is 5.73 Å². The average Bonchev–Trinajstić information content (AvgIpc) is 2.69. The molecule has 0 spiro atoms. The topological polar surface area (TPSA) is 119 Å². The summed E-state index contributed by atoms with van der Waals surface area (Å²) in [7, 11) is -3.84. The number of nitrogens with two attached hydrogens (primary N) is 1. The lowest BCUT2D eigenvalue weighted by atomic mass is 9.98. The largest absolute Gasteiger partial charge is 0.421 e. The fourth-order valence-electron chi connectivity index (χ4n) is 2.52. The minimum absolute atomic E-state index is 0.00570. The zero-order valence-corrected chi connectivity index (χ0v) is 16.7. The maximum absolute atomic E-state index is 12.9. The van der Waals surface area contributed by atoms with E-state index in [-0.39, 0.29) is 21.4 Å². The Balaban J connectivity index is 1.90. The van der Waals surface area contributed by atoms with Gasteiger partial charge in [-0.15, -0.1) is 0 Å². The summed E-state index contributed by atoms with van der Waals surface area (Å²) >= 11 is 0. The third-order valence-electron chi connectivity index (χ3n) is 4.59. The number of nitrogens with zero attached hydrogens (tertiary/aromatic N) is 3. The molecule has 3 aromatic rings. The summed E-state index contributed by atoms with van der Waals surface area (Å²) < 4.78 is 64.2. The number of aryl methyl sites for hydroxylation is 1. The molecule has 0 aliphatic rings. The van der Waals surface area contributed by atoms with E-state index in [1.807, 2.05) is 0 Å². The maximum atomic E-state index is 12.9. The Labute approximate surface area is 170 Å². The van der Waals surface area contributed by atoms with Crippen LogP contribution in [-0.2, 0) is 15.4 Å². The number of benzene rings is 1. The Hall–Kier alpha value is -3.05. The van der Waals surface area contributed by atoms with Gasteiger partial charge in [-0.2, -0.15) is 13.2 Å². The molecule has 0 aliphatic carbocycles. The third-order valence-corrected chi connectivity index (χ3v) is 6.33. The van der Waals surface area contributed by atoms with E-state index < -0.39 is 27.2 Å². The van der Waals surface area contributed by atoms with Gasteiger partial charge in [-0.3, -0.25) is 0 Å². The van der Waals surface area contributed by atoms with Crippen molar-refractivity contribution < 1.29 is 26.7 Å². The highest BCUT2D eigenvalue weighted by Gasteiger charge is 2.51. The van der Waals surface area contributed by atoms with Crippen molar-refractivity contribution in [3.05, 3.63) is 60.0 Å². The average molecular weight is 438 g/mol. The molecule has 0 radical (unpaired) electrons. The second-order valence-electron chi connectivity index (χ2n) is 6.77. The van der Waals surface area contributed by atoms with E-state index in [1.54, 1.807) is 6.92 Å². The van der Waals surface area contributed by atoms with Crippen LogP contribution in [0.3, 0.4) is 0 Å². The first kappa shape index (κ1) is 21.7. The number of anilines is 1. The summed E-state index contributed by atoms with van der Waals surface area (Å²) in [5, 5.41) is 9.67. The first-order valence-electron chi connectivity index (χ1n) is 8.53. The Morgan fingerprint density at radius 2 is 1.53 bits per heavy atom. The maximum Gasteiger partial charge on any atom is 0.421 e. The van der Waals surface area contributed by atoms with E-state index in [2.05, 4.69) is 15.0 Å². The van der Waals surface area contributed by atoms with Gasteiger partial charge in [-0.05, 0) is 49.7 Å². The molecule has 0 unspecified atom stereocenters. The van der Waals surface area contributed by atoms with Crippen LogP contribution in [0.1, 0.15) is 18.1 Å². The molecule has 2 heterocycles. The highest BCUT2D eigenvalue weighted by molar-refractivity contribution is 7.91. The van der Waals surface area contributed by atoms with Gasteiger partial charge in [0, 0.05) is 29.7 Å². The van der Waals surface area contributed by atoms with Crippen molar-refractivity contribution in [1.82, 2.24) is 15.0 Å². The van der Waals surface area contributed by atoms with Crippen molar-refractivity contribution in [3.8, 4) is 11.4 Å². The molecule has 1 aromatic carbocycles. The number of aromatic nitrogens is 3. The fraction of sp³-hybridized carbons (Fsp3) is 0.211. The molecule has 11 heteroatoms. The molecule has 158 valence electrons. The van der Waals surface area contributed by atoms with Crippen LogP contribution in [0, 0.1) is 6.92 Å². The summed E-state index contributed by atoms with van der Waals surface area (Å²) in [6, 6.07) is 6.95. The first-order valence-corrected chi connectivity index (χ1v) is 10.0. The molecule has 0 amide bonds. The summed E-state index contributed by atoms with van der Waals surface area (Å²) in [6.07, 6.45) is -1.96. The van der Waals surface area contributed by atoms with Crippen molar-refractivity contribution >= 4 is 15.7 Å². The molecular formula is C19H17F3N4O3S. The smallest absolute Gasteiger partial charge is 0.383 e. The Morgan fingerprint density at radius 1 is 0.967 bits per heavy atom. The second-order valence-corrected chi connectivity index (χ2v) is 8.72. The quantitative estimate of drug-likeness (QED) is 0.643. The van der Waals surface area contributed by atoms with Crippen LogP contribution in [0.25, 0.3) is 11.4 Å². The first-order chi connectivity index (χ1) is 13.8. The second kappa shape index (κ2) is 7.33. The van der Waals surface area contributed by atoms with Crippen LogP contribution in [0.5, 0.6) is 0 Å². The van der Waals surface area contributed by atoms with Gasteiger partial charge in [-0.25, -0.2) is 23.4 Å². The number of pyridine rings is 1. The number of nitrogen functional groups attached to an aromatic ring is 1. The number of sulfone groups is 1. The molecule has 0 fully saturated rings. The lowest BCUT2D eigenvalue weighted by Crippen LogP contribution is -2.39. The van der Waals surface area contributed by atoms with Crippen LogP contribution in [-0.4, -0.2) is 34.7 Å². The number of aliphatic hydroxyl groups is 1. The molecule has 7 nitrogen and oxygen atoms in total. The van der Waals surface area contributed by atoms with Crippen molar-refractivity contribution in [2.45, 2.75) is 35.4 Å². The fourth-order valence-corrected chi connectivity index (χ4v) is 3.81. The van der Waals surface area contributed by atoms with E-state index in [1.165, 1.54) is 36.5 Å². The molecule has 30 heavy (non-hydrogen) atoms. The molecule has 3 N–H and O–H groups in total. The van der Waals surface area contributed by atoms with Gasteiger partial charge in [0.05, 0.1) is 9.79 Å². The van der Waals surface area contributed by atoms with E-state index >= 15 is 0 Å². The Kier molecular flexibility index (Phi) is 5.29. The Bertz CT molecular complexity index is 1180. The summed E-state index contributed by atoms with van der Waals surface area (Å²) in [5.74, 6) is 0.306. The molecular weight excluding hydrogens is 421 g/mol. The van der Waals surface area contributed by atoms with Crippen molar-refractivity contribution in [2.75, 3.05) is 5.73 Å². The summed E-state index contributed by atoms with van der Waals surface area (Å²) in [5.41, 5.74) is 2.93. The van der Waals surface area contributed by atoms with Gasteiger partial charge < -0.3 is 10.8 Å². The van der Waals surface area contributed by atoms with Crippen LogP contribution in [0.2, 0.25) is 0 Å². The Morgan fingerprint density at radius 3 is 2.03 bits per heavy atom. The lowest BCUT2D eigenvalue weighted by molar-refractivity contribution is -0.259. The molecule has 3 rings (SSSR count). The van der Waals surface area contributed by atoms with Gasteiger partial charge in [0.15, 0.2) is 11.4 Å². The van der Waals surface area contributed by atoms with Gasteiger partial charge in [0.25, 0.3) is 0 Å². The van der Waals surface area contributed by atoms with E-state index in [0.717, 1.165) is 12.4 Å². The van der Waals surface area contributed by atoms with Gasteiger partial charge >= 0.3 is 6.18 Å². The molecule has 2 aromatic heterocycles. The van der Waals surface area contributed by atoms with Crippen molar-refractivity contribution in [1.29, 1.82) is 0 Å². The molecule has 0 saturated heterocycles. The zero-order chi connectivity index (χ0) is 22.3. The predicted molar refractivity (Wildman–Crippen MR) is 102 cm³/mol. The van der Waals surface area contributed by atoms with Crippen LogP contribution in [0.15, 0.2) is 58.7 Å². The standard InChI is InChI=1S/C19H17F3N4O3S/c1-11-7-15(10-24-16(11)23)30(28,29)14-5-3-12(4-6-14)17-25-8-13(9-26-17)18(2,27)19(20,21)22/h3-10,27H,1-2H3,(H2,23,24)/t18-/m1/s1. The van der Waals surface area contributed by atoms with E-state index in [9.17, 15) is 26.7 Å². The van der Waals surface area contributed by atoms with E-state index in [4.69, 9.17) is 5.73 Å². The SMILES string of the molecule is Cc1cc(S(=O)(=O)c2ccc(-c3ncc([C@@](C)(O)C(F)(F)F)cn3)cc2)cnc1N. The molecule has 0 aliphatic heterocycles. The van der Waals surface area contributed by atoms with Gasteiger partial charge in [0.1, 0.15) is 5.82 Å². The third kappa shape index (κ3) is 3.85. The molecule has 1 atom stereocenters. The van der Waals surface area contributed by atoms with Crippen molar-refractivity contribution in [2.24, 2.45) is 0 Å². The number of rotatable bonds is 4. The highest BCUT2D eigenvalue weighted by Crippen LogP contribution is 2.38. The summed E-state index contributed by atoms with van der Waals surface area (Å²) in [6.45, 7) is 2.25. The van der Waals surface area contributed by atoms with Crippen LogP contribution >= 0.6 is 0 Å². The summed E-state index contributed by atoms with van der Waals surface area (Å²) in [4.78, 5) is 11.5. The number of halogens is 3. The highest BCUT2D eigenvalue weighted by atomic mass is 32.2. The zero-order valence-electron chi connectivity index (χ0n) is 15.8. The number of hydrogen-bond donors (Lipinski definition) is 2. The van der Waals surface area contributed by atoms with Gasteiger partial charge in [0.2, 0.25) is 9.84 Å². The molecule has 0 saturated carbocycles. The lowest BCUT2D eigenvalue weighted by Gasteiger charge is -2.25. The van der Waals surface area contributed by atoms with Crippen molar-refractivity contribution in [3.63, 3.8) is 0 Å². The monoisotopic (exact) mass is 438 g/mol. The minimum atomic E-state index is -4.89. The molecule has 0 bridgehead atoms.